The molecule has 0 amide bonds. The van der Waals surface area contributed by atoms with E-state index in [4.69, 9.17) is 11.2 Å². The average Bonchev–Trinajstić information content (AvgIpc) is 2.15. The summed E-state index contributed by atoms with van der Waals surface area (Å²) >= 11 is 3.06. The largest absolute Gasteiger partial charge is 0.477 e. The topological polar surface area (TPSA) is 26.3 Å². The van der Waals surface area contributed by atoms with Crippen molar-refractivity contribution < 1.29 is 13.9 Å². The first-order valence-electron chi connectivity index (χ1n) is 3.69. The van der Waals surface area contributed by atoms with Gasteiger partial charge in [-0.25, -0.2) is 4.39 Å². The Kier molecular flexibility index (Phi) is 3.66. The fourth-order valence-corrected chi connectivity index (χ4v) is 1.38. The van der Waals surface area contributed by atoms with Crippen molar-refractivity contribution in [3.63, 3.8) is 0 Å². The fraction of sp³-hybridized carbons (Fsp3) is 0.100. The number of ether oxygens (including phenoxy) is 1. The molecule has 0 heterocycles. The van der Waals surface area contributed by atoms with E-state index in [1.54, 1.807) is 0 Å². The van der Waals surface area contributed by atoms with Crippen molar-refractivity contribution in [1.82, 2.24) is 0 Å². The quantitative estimate of drug-likeness (QED) is 0.614. The van der Waals surface area contributed by atoms with Crippen molar-refractivity contribution in [3.05, 3.63) is 28.0 Å². The van der Waals surface area contributed by atoms with E-state index in [0.717, 1.165) is 0 Å². The first-order chi connectivity index (χ1) is 6.69. The van der Waals surface area contributed by atoms with Crippen LogP contribution in [-0.4, -0.2) is 12.9 Å². The number of hydrogen-bond acceptors (Lipinski definition) is 2. The van der Waals surface area contributed by atoms with Crippen LogP contribution in [-0.2, 0) is 0 Å². The Morgan fingerprint density at radius 2 is 2.36 bits per heavy atom. The maximum absolute atomic E-state index is 13.2. The van der Waals surface area contributed by atoms with Crippen molar-refractivity contribution in [2.75, 3.05) is 6.61 Å². The minimum absolute atomic E-state index is 0.0700. The van der Waals surface area contributed by atoms with Crippen LogP contribution in [0.15, 0.2) is 16.6 Å². The summed E-state index contributed by atoms with van der Waals surface area (Å²) in [5.74, 6) is 1.47. The first-order valence-corrected chi connectivity index (χ1v) is 4.49. The molecule has 0 bridgehead atoms. The number of hydrogen-bond donors (Lipinski definition) is 0. The number of halogens is 2. The van der Waals surface area contributed by atoms with Gasteiger partial charge in [-0.05, 0) is 12.1 Å². The summed E-state index contributed by atoms with van der Waals surface area (Å²) in [4.78, 5) is 10.6. The molecule has 0 unspecified atom stereocenters. The summed E-state index contributed by atoms with van der Waals surface area (Å²) in [5, 5.41) is 0. The second-order valence-corrected chi connectivity index (χ2v) is 3.33. The van der Waals surface area contributed by atoms with Crippen molar-refractivity contribution >= 4 is 22.2 Å². The molecule has 14 heavy (non-hydrogen) atoms. The highest BCUT2D eigenvalue weighted by molar-refractivity contribution is 9.10. The molecule has 1 rings (SSSR count). The van der Waals surface area contributed by atoms with Crippen LogP contribution in [0.5, 0.6) is 5.75 Å². The monoisotopic (exact) mass is 256 g/mol. The van der Waals surface area contributed by atoms with Crippen LogP contribution in [0.2, 0.25) is 0 Å². The van der Waals surface area contributed by atoms with Gasteiger partial charge in [-0.3, -0.25) is 4.79 Å². The predicted octanol–water partition coefficient (Wildman–Crippen LogP) is 2.41. The minimum Gasteiger partial charge on any atom is -0.477 e. The van der Waals surface area contributed by atoms with E-state index in [1.807, 2.05) is 0 Å². The van der Waals surface area contributed by atoms with Crippen molar-refractivity contribution in [2.24, 2.45) is 0 Å². The van der Waals surface area contributed by atoms with Gasteiger partial charge in [0, 0.05) is 4.47 Å². The third-order valence-corrected chi connectivity index (χ3v) is 1.92. The van der Waals surface area contributed by atoms with Crippen LogP contribution in [0.4, 0.5) is 4.39 Å². The second-order valence-electron chi connectivity index (χ2n) is 2.42. The highest BCUT2D eigenvalue weighted by Gasteiger charge is 2.10. The van der Waals surface area contributed by atoms with Crippen molar-refractivity contribution in [1.29, 1.82) is 0 Å². The SMILES string of the molecule is C#CCOc1c(F)cc(Br)cc1C=O. The van der Waals surface area contributed by atoms with Crippen LogP contribution in [0.25, 0.3) is 0 Å². The Bertz CT molecular complexity index is 396. The number of carbonyl (C=O) groups excluding carboxylic acids is 1. The van der Waals surface area contributed by atoms with Crippen LogP contribution >= 0.6 is 15.9 Å². The fourth-order valence-electron chi connectivity index (χ4n) is 0.934. The second kappa shape index (κ2) is 4.77. The van der Waals surface area contributed by atoms with E-state index >= 15 is 0 Å². The van der Waals surface area contributed by atoms with Gasteiger partial charge in [0.05, 0.1) is 5.56 Å². The molecule has 0 atom stereocenters. The Morgan fingerprint density at radius 1 is 1.64 bits per heavy atom. The minimum atomic E-state index is -0.614. The predicted molar refractivity (Wildman–Crippen MR) is 53.8 cm³/mol. The van der Waals surface area contributed by atoms with E-state index in [0.29, 0.717) is 10.8 Å². The molecule has 2 nitrogen and oxygen atoms in total. The maximum atomic E-state index is 13.2. The highest BCUT2D eigenvalue weighted by atomic mass is 79.9. The molecule has 0 aliphatic carbocycles. The van der Waals surface area contributed by atoms with Crippen LogP contribution in [0, 0.1) is 18.2 Å². The molecule has 0 fully saturated rings. The van der Waals surface area contributed by atoms with E-state index in [2.05, 4.69) is 21.9 Å². The van der Waals surface area contributed by atoms with Gasteiger partial charge >= 0.3 is 0 Å². The molecule has 0 aliphatic rings. The molecule has 4 heteroatoms. The zero-order chi connectivity index (χ0) is 10.6. The number of rotatable bonds is 3. The molecule has 0 N–H and O–H groups in total. The van der Waals surface area contributed by atoms with Crippen molar-refractivity contribution in [3.8, 4) is 18.1 Å². The van der Waals surface area contributed by atoms with E-state index in [1.165, 1.54) is 12.1 Å². The van der Waals surface area contributed by atoms with Gasteiger partial charge in [0.15, 0.2) is 17.9 Å². The Hall–Kier alpha value is -1.34. The van der Waals surface area contributed by atoms with Gasteiger partial charge in [-0.1, -0.05) is 21.9 Å². The lowest BCUT2D eigenvalue weighted by atomic mass is 10.2. The van der Waals surface area contributed by atoms with Gasteiger partial charge in [0.25, 0.3) is 0 Å². The van der Waals surface area contributed by atoms with Crippen LogP contribution in [0.3, 0.4) is 0 Å². The molecule has 0 saturated carbocycles. The summed E-state index contributed by atoms with van der Waals surface area (Å²) < 4.78 is 18.6. The summed E-state index contributed by atoms with van der Waals surface area (Å²) in [6, 6.07) is 2.67. The third-order valence-electron chi connectivity index (χ3n) is 1.46. The Labute approximate surface area is 89.2 Å². The summed E-state index contributed by atoms with van der Waals surface area (Å²) in [5.41, 5.74) is 0.132. The lowest BCUT2D eigenvalue weighted by molar-refractivity contribution is 0.111. The van der Waals surface area contributed by atoms with Gasteiger partial charge in [-0.15, -0.1) is 6.42 Å². The molecular weight excluding hydrogens is 251 g/mol. The lowest BCUT2D eigenvalue weighted by Gasteiger charge is -2.06. The normalized spacial score (nSPS) is 9.21. The molecule has 0 aromatic heterocycles. The third kappa shape index (κ3) is 2.33. The molecule has 0 radical (unpaired) electrons. The molecule has 0 spiro atoms. The summed E-state index contributed by atoms with van der Waals surface area (Å²) in [6.45, 7) is -0.0700. The van der Waals surface area contributed by atoms with E-state index in [-0.39, 0.29) is 17.9 Å². The lowest BCUT2D eigenvalue weighted by Crippen LogP contribution is -2.00. The van der Waals surface area contributed by atoms with Gasteiger partial charge in [0.1, 0.15) is 6.61 Å². The maximum Gasteiger partial charge on any atom is 0.166 e. The number of aldehydes is 1. The van der Waals surface area contributed by atoms with Gasteiger partial charge in [-0.2, -0.15) is 0 Å². The highest BCUT2D eigenvalue weighted by Crippen LogP contribution is 2.25. The van der Waals surface area contributed by atoms with Crippen LogP contribution < -0.4 is 4.74 Å². The summed E-state index contributed by atoms with van der Waals surface area (Å²) in [6.07, 6.45) is 5.47. The number of terminal acetylenes is 1. The number of carbonyl (C=O) groups is 1. The molecular formula is C10H6BrFO2. The van der Waals surface area contributed by atoms with Gasteiger partial charge < -0.3 is 4.74 Å². The molecule has 1 aromatic rings. The Balaban J connectivity index is 3.13. The van der Waals surface area contributed by atoms with E-state index in [9.17, 15) is 9.18 Å². The summed E-state index contributed by atoms with van der Waals surface area (Å²) in [7, 11) is 0. The number of benzene rings is 1. The zero-order valence-electron chi connectivity index (χ0n) is 7.09. The Morgan fingerprint density at radius 3 is 2.93 bits per heavy atom. The zero-order valence-corrected chi connectivity index (χ0v) is 8.67. The molecule has 72 valence electrons. The van der Waals surface area contributed by atoms with E-state index < -0.39 is 5.82 Å². The van der Waals surface area contributed by atoms with Gasteiger partial charge in [0.2, 0.25) is 0 Å². The molecule has 0 aliphatic heterocycles. The smallest absolute Gasteiger partial charge is 0.166 e. The van der Waals surface area contributed by atoms with Crippen molar-refractivity contribution in [2.45, 2.75) is 0 Å². The molecule has 1 aromatic carbocycles. The standard InChI is InChI=1S/C10H6BrFO2/c1-2-3-14-10-7(6-13)4-8(11)5-9(10)12/h1,4-6H,3H2. The molecule has 0 saturated heterocycles. The van der Waals surface area contributed by atoms with Crippen LogP contribution in [0.1, 0.15) is 10.4 Å². The first kappa shape index (κ1) is 10.7. The average molecular weight is 257 g/mol.